The molecule has 8 aliphatic carbocycles. The molecule has 0 bridgehead atoms. The van der Waals surface area contributed by atoms with Gasteiger partial charge in [-0.1, -0.05) is 131 Å². The molecule has 8 nitrogen and oxygen atoms in total. The first-order chi connectivity index (χ1) is 29.9. The molecule has 8 rings (SSSR count). The normalized spacial score (nSPS) is 42.1. The molecule has 0 spiro atoms. The van der Waals surface area contributed by atoms with Gasteiger partial charge in [0, 0.05) is 0 Å². The molecule has 0 heterocycles. The zero-order valence-electron chi connectivity index (χ0n) is 42.6. The third kappa shape index (κ3) is 11.7. The molecule has 8 aliphatic rings. The van der Waals surface area contributed by atoms with Gasteiger partial charge in [0.2, 0.25) is 20.8 Å². The Balaban J connectivity index is 0.000000212. The third-order valence-corrected chi connectivity index (χ3v) is 22.0. The minimum Gasteiger partial charge on any atom is -0.726 e. The number of rotatable bonds is 14. The van der Waals surface area contributed by atoms with Crippen LogP contribution < -0.4 is 0 Å². The number of hydrogen-bond donors (Lipinski definition) is 0. The van der Waals surface area contributed by atoms with Gasteiger partial charge in [-0.2, -0.15) is 0 Å². The van der Waals surface area contributed by atoms with Gasteiger partial charge >= 0.3 is 37.7 Å². The maximum absolute atomic E-state index is 11.1. The summed E-state index contributed by atoms with van der Waals surface area (Å²) in [5, 5.41) is 0. The molecule has 6 fully saturated rings. The molecule has 0 N–H and O–H groups in total. The molecule has 0 aliphatic heterocycles. The van der Waals surface area contributed by atoms with Crippen LogP contribution in [-0.4, -0.2) is 75.9 Å². The average molecular weight is 972 g/mol. The fourth-order valence-corrected chi connectivity index (χ4v) is 18.8. The van der Waals surface area contributed by atoms with Crippen molar-refractivity contribution < 1.29 is 34.3 Å². The van der Waals surface area contributed by atoms with E-state index >= 15 is 0 Å². The van der Waals surface area contributed by atoms with E-state index in [-0.39, 0.29) is 48.6 Å². The predicted octanol–water partition coefficient (Wildman–Crippen LogP) is 13.4. The topological polar surface area (TPSA) is 133 Å². The van der Waals surface area contributed by atoms with Crippen LogP contribution in [0.25, 0.3) is 0 Å². The second kappa shape index (κ2) is 21.3. The summed E-state index contributed by atoms with van der Waals surface area (Å²) in [6, 6.07) is 0. The molecule has 0 radical (unpaired) electrons. The quantitative estimate of drug-likeness (QED) is 0.0727. The van der Waals surface area contributed by atoms with Crippen molar-refractivity contribution in [1.29, 1.82) is 0 Å². The van der Waals surface area contributed by atoms with Crippen molar-refractivity contribution >= 4 is 58.5 Å². The monoisotopic (exact) mass is 971 g/mol. The summed E-state index contributed by atoms with van der Waals surface area (Å²) in [5.41, 5.74) is 3.99. The van der Waals surface area contributed by atoms with E-state index in [1.165, 1.54) is 101 Å². The first-order valence-electron chi connectivity index (χ1n) is 26.5. The summed E-state index contributed by atoms with van der Waals surface area (Å²) in [6.07, 6.45) is 29.7. The Bertz CT molecular complexity index is 1780. The first-order valence-corrected chi connectivity index (χ1v) is 29.2. The van der Waals surface area contributed by atoms with Crippen LogP contribution in [0.2, 0.25) is 0 Å². The summed E-state index contributed by atoms with van der Waals surface area (Å²) in [7, 11) is -9.26. The second-order valence-electron chi connectivity index (χ2n) is 25.3. The van der Waals surface area contributed by atoms with Gasteiger partial charge in [-0.25, -0.2) is 16.8 Å². The SMILES string of the molecule is CC(C)CCC[C@@H](C)[C@H]1CCC2C3CC=C4CC(OS(=O)(=O)[O-])CC[C@]4(C)C3CC[C@@]21C.CC(C)CCC[C@@H](C)[C@H]1CCC2C3CC=C4CC(OS(=O)(=O)[O-])CC[C@]4(C)C3CC[C@@]21C.[Ca+2]. The molecule has 0 aromatic carbocycles. The van der Waals surface area contributed by atoms with E-state index in [0.29, 0.717) is 48.3 Å². The molecule has 368 valence electrons. The van der Waals surface area contributed by atoms with Crippen molar-refractivity contribution in [3.8, 4) is 0 Å². The van der Waals surface area contributed by atoms with Gasteiger partial charge in [0.15, 0.2) is 0 Å². The zero-order valence-corrected chi connectivity index (χ0v) is 46.4. The van der Waals surface area contributed by atoms with Crippen LogP contribution in [0.3, 0.4) is 0 Å². The summed E-state index contributed by atoms with van der Waals surface area (Å²) in [6.45, 7) is 24.5. The van der Waals surface area contributed by atoms with Crippen molar-refractivity contribution in [1.82, 2.24) is 0 Å². The predicted molar refractivity (Wildman–Crippen MR) is 261 cm³/mol. The Labute approximate surface area is 428 Å². The van der Waals surface area contributed by atoms with Crippen LogP contribution in [0.5, 0.6) is 0 Å². The first kappa shape index (κ1) is 54.8. The van der Waals surface area contributed by atoms with Gasteiger partial charge in [0.1, 0.15) is 0 Å². The van der Waals surface area contributed by atoms with Gasteiger partial charge in [-0.15, -0.1) is 0 Å². The van der Waals surface area contributed by atoms with Crippen LogP contribution in [0, 0.1) is 92.7 Å². The Kier molecular flexibility index (Phi) is 17.9. The smallest absolute Gasteiger partial charge is 0.726 e. The van der Waals surface area contributed by atoms with Gasteiger partial charge in [0.05, 0.1) is 12.2 Å². The number of allylic oxidation sites excluding steroid dienone is 2. The van der Waals surface area contributed by atoms with E-state index in [1.807, 2.05) is 0 Å². The van der Waals surface area contributed by atoms with E-state index in [1.54, 1.807) is 0 Å². The van der Waals surface area contributed by atoms with Crippen molar-refractivity contribution in [2.45, 2.75) is 223 Å². The van der Waals surface area contributed by atoms with E-state index in [0.717, 1.165) is 84.9 Å². The van der Waals surface area contributed by atoms with E-state index in [4.69, 9.17) is 8.37 Å². The summed E-state index contributed by atoms with van der Waals surface area (Å²) in [4.78, 5) is 0. The van der Waals surface area contributed by atoms with Crippen molar-refractivity contribution in [3.63, 3.8) is 0 Å². The van der Waals surface area contributed by atoms with Crippen molar-refractivity contribution in [2.24, 2.45) is 92.7 Å². The molecule has 65 heavy (non-hydrogen) atoms. The molecule has 6 saturated carbocycles. The Morgan fingerprint density at radius 1 is 0.538 bits per heavy atom. The maximum atomic E-state index is 11.1. The van der Waals surface area contributed by atoms with Crippen molar-refractivity contribution in [2.75, 3.05) is 0 Å². The summed E-state index contributed by atoms with van der Waals surface area (Å²) in [5.74, 6) is 9.56. The largest absolute Gasteiger partial charge is 2.00 e. The molecule has 0 amide bonds. The van der Waals surface area contributed by atoms with Crippen LogP contribution >= 0.6 is 0 Å². The maximum Gasteiger partial charge on any atom is 2.00 e. The second-order valence-corrected chi connectivity index (χ2v) is 27.3. The van der Waals surface area contributed by atoms with Crippen LogP contribution in [0.15, 0.2) is 23.3 Å². The molecule has 0 aromatic heterocycles. The fourth-order valence-electron chi connectivity index (χ4n) is 17.8. The van der Waals surface area contributed by atoms with Gasteiger partial charge in [-0.05, 0) is 195 Å². The summed E-state index contributed by atoms with van der Waals surface area (Å²) < 4.78 is 76.4. The van der Waals surface area contributed by atoms with Crippen LogP contribution in [0.4, 0.5) is 0 Å². The molecule has 0 saturated heterocycles. The van der Waals surface area contributed by atoms with Crippen molar-refractivity contribution in [3.05, 3.63) is 23.3 Å². The van der Waals surface area contributed by atoms with E-state index in [9.17, 15) is 25.9 Å². The Morgan fingerprint density at radius 2 is 0.908 bits per heavy atom. The van der Waals surface area contributed by atoms with Gasteiger partial charge in [-0.3, -0.25) is 8.37 Å². The number of fused-ring (bicyclic) bond motifs is 10. The molecule has 0 aromatic rings. The Hall–Kier alpha value is 0.480. The molecule has 16 atom stereocenters. The third-order valence-electron chi connectivity index (χ3n) is 21.0. The molecule has 11 heteroatoms. The van der Waals surface area contributed by atoms with Crippen LogP contribution in [-0.2, 0) is 29.2 Å². The Morgan fingerprint density at radius 3 is 1.25 bits per heavy atom. The minimum atomic E-state index is -4.63. The van der Waals surface area contributed by atoms with Crippen LogP contribution in [0.1, 0.15) is 210 Å². The minimum absolute atomic E-state index is 0. The van der Waals surface area contributed by atoms with E-state index < -0.39 is 33.0 Å². The van der Waals surface area contributed by atoms with Gasteiger partial charge in [0.25, 0.3) is 0 Å². The van der Waals surface area contributed by atoms with Gasteiger partial charge < -0.3 is 9.11 Å². The fraction of sp³-hybridized carbons (Fsp3) is 0.926. The molecular formula is C54H90CaO8S2. The summed E-state index contributed by atoms with van der Waals surface area (Å²) >= 11 is 0. The van der Waals surface area contributed by atoms with E-state index in [2.05, 4.69) is 81.4 Å². The molecule has 8 unspecified atom stereocenters. The zero-order chi connectivity index (χ0) is 46.6. The average Bonchev–Trinajstić information content (AvgIpc) is 3.74. The molecular weight excluding hydrogens is 881 g/mol. The number of hydrogen-bond acceptors (Lipinski definition) is 8. The standard InChI is InChI=1S/2C27H46O4S.Ca/c2*1-18(2)7-6-8-19(3)23-11-12-24-22-10-9-20-17-21(31-32(28,29)30)13-15-26(20,4)25(22)14-16-27(23,24)5;/h2*9,18-19,21-25H,6-8,10-17H2,1-5H3,(H,28,29,30);/q;;+2/p-2/t2*19-,21?,22?,23-,24?,25?,26+,27-;/m11./s1.